The second-order valence-electron chi connectivity index (χ2n) is 22.9. The van der Waals surface area contributed by atoms with Gasteiger partial charge in [0.2, 0.25) is 5.91 Å². The summed E-state index contributed by atoms with van der Waals surface area (Å²) in [7, 11) is 1.48. The number of hydrogen-bond donors (Lipinski definition) is 2. The zero-order valence-electron chi connectivity index (χ0n) is 51.2. The van der Waals surface area contributed by atoms with Crippen LogP contribution in [0.25, 0.3) is 0 Å². The van der Waals surface area contributed by atoms with Crippen molar-refractivity contribution < 1.29 is 37.3 Å². The van der Waals surface area contributed by atoms with Crippen LogP contribution in [0.1, 0.15) is 290 Å². The molecule has 0 aliphatic rings. The van der Waals surface area contributed by atoms with Crippen molar-refractivity contribution in [2.45, 2.75) is 303 Å². The molecule has 3 atom stereocenters. The molecule has 0 aliphatic carbocycles. The Hall–Kier alpha value is -2.55. The molecule has 77 heavy (non-hydrogen) atoms. The Morgan fingerprint density at radius 2 is 0.831 bits per heavy atom. The van der Waals surface area contributed by atoms with Gasteiger partial charge in [-0.1, -0.05) is 274 Å². The van der Waals surface area contributed by atoms with Crippen molar-refractivity contribution in [2.75, 3.05) is 40.9 Å². The van der Waals surface area contributed by atoms with E-state index in [-0.39, 0.29) is 31.5 Å². The summed E-state index contributed by atoms with van der Waals surface area (Å²) in [4.78, 5) is 37.7. The van der Waals surface area contributed by atoms with Crippen LogP contribution < -0.4 is 5.32 Å². The largest absolute Gasteiger partial charge is 0.472 e. The van der Waals surface area contributed by atoms with E-state index in [0.717, 1.165) is 89.9 Å². The second-order valence-corrected chi connectivity index (χ2v) is 24.4. The molecule has 10 heteroatoms. The average molecular weight is 1100 g/mol. The maximum atomic E-state index is 13.6. The van der Waals surface area contributed by atoms with Crippen LogP contribution in [0.4, 0.5) is 0 Å². The van der Waals surface area contributed by atoms with Crippen LogP contribution in [0.3, 0.4) is 0 Å². The third-order valence-corrected chi connectivity index (χ3v) is 15.1. The number of rotatable bonds is 58. The van der Waals surface area contributed by atoms with Crippen LogP contribution in [0.2, 0.25) is 0 Å². The standard InChI is InChI=1S/C67H123N2O7P/c1-7-10-13-16-19-22-25-27-29-31-33-34-36-37-39-41-44-47-50-53-56-59-66(70)68-64(63-75-77(72,73)74-62-61-69(4,5)6)65(58-55-52-49-46-43-24-21-18-15-12-9-3)76-67(71)60-57-54-51-48-45-42-40-38-35-32-30-28-26-23-20-17-14-11-8-2/h11,14,20,23,28,30,35,38,42,45,55,58,64-65H,7-10,12-13,15-19,21-22,24-27,29,31-34,36-37,39-41,43-44,46-54,56-57,59-63H2,1-6H3,(H-,68,70,72,73)/p+1/b14-11-,23-20-,30-28-,38-35-,45-42-,58-55+. The topological polar surface area (TPSA) is 111 Å². The number of unbranched alkanes of at least 4 members (excludes halogenated alkanes) is 32. The van der Waals surface area contributed by atoms with Gasteiger partial charge in [0.15, 0.2) is 0 Å². The second kappa shape index (κ2) is 56.7. The summed E-state index contributed by atoms with van der Waals surface area (Å²) in [5, 5.41) is 3.05. The molecule has 0 aromatic carbocycles. The van der Waals surface area contributed by atoms with Crippen LogP contribution in [0.15, 0.2) is 72.9 Å². The number of carbonyl (C=O) groups is 2. The first-order chi connectivity index (χ1) is 37.4. The van der Waals surface area contributed by atoms with Crippen LogP contribution in [0, 0.1) is 0 Å². The molecule has 448 valence electrons. The molecule has 1 amide bonds. The molecule has 0 saturated carbocycles. The number of nitrogens with one attached hydrogen (secondary N) is 1. The van der Waals surface area contributed by atoms with Gasteiger partial charge in [-0.25, -0.2) is 4.57 Å². The monoisotopic (exact) mass is 1100 g/mol. The SMILES string of the molecule is CC/C=C\C/C=C\C/C=C\C/C=C\C/C=C\CCCCCC(=O)OC(/C=C/CCCCCCCCCCC)C(COP(=O)(O)OCC[N+](C)(C)C)NC(=O)CCCCCCCCCCCCCCCCCCCCCCC. The smallest absolute Gasteiger partial charge is 0.456 e. The first-order valence-electron chi connectivity index (χ1n) is 32.3. The van der Waals surface area contributed by atoms with E-state index >= 15 is 0 Å². The van der Waals surface area contributed by atoms with Crippen molar-refractivity contribution in [3.8, 4) is 0 Å². The summed E-state index contributed by atoms with van der Waals surface area (Å²) in [6.45, 7) is 6.89. The first kappa shape index (κ1) is 74.5. The van der Waals surface area contributed by atoms with E-state index < -0.39 is 20.0 Å². The highest BCUT2D eigenvalue weighted by atomic mass is 31.2. The number of ether oxygens (including phenoxy) is 1. The maximum absolute atomic E-state index is 13.6. The van der Waals surface area contributed by atoms with Gasteiger partial charge in [0.05, 0.1) is 33.8 Å². The Labute approximate surface area is 476 Å². The molecule has 0 rings (SSSR count). The zero-order chi connectivity index (χ0) is 56.4. The van der Waals surface area contributed by atoms with Gasteiger partial charge < -0.3 is 19.4 Å². The summed E-state index contributed by atoms with van der Waals surface area (Å²) in [5.74, 6) is -0.536. The van der Waals surface area contributed by atoms with Gasteiger partial charge in [0, 0.05) is 12.8 Å². The predicted octanol–water partition coefficient (Wildman–Crippen LogP) is 20.0. The Morgan fingerprint density at radius 3 is 1.26 bits per heavy atom. The van der Waals surface area contributed by atoms with E-state index in [1.54, 1.807) is 0 Å². The minimum Gasteiger partial charge on any atom is -0.456 e. The third-order valence-electron chi connectivity index (χ3n) is 14.2. The van der Waals surface area contributed by atoms with E-state index in [9.17, 15) is 19.0 Å². The Morgan fingerprint density at radius 1 is 0.468 bits per heavy atom. The molecule has 0 aromatic heterocycles. The summed E-state index contributed by atoms with van der Waals surface area (Å²) >= 11 is 0. The van der Waals surface area contributed by atoms with Gasteiger partial charge >= 0.3 is 13.8 Å². The number of esters is 1. The molecule has 0 fully saturated rings. The number of phosphoric acid groups is 1. The Bertz CT molecular complexity index is 1550. The van der Waals surface area contributed by atoms with Gasteiger partial charge in [-0.3, -0.25) is 18.6 Å². The van der Waals surface area contributed by atoms with E-state index in [4.69, 9.17) is 13.8 Å². The minimum atomic E-state index is -4.46. The van der Waals surface area contributed by atoms with Crippen molar-refractivity contribution >= 4 is 19.7 Å². The fourth-order valence-electron chi connectivity index (χ4n) is 9.20. The van der Waals surface area contributed by atoms with Crippen LogP contribution >= 0.6 is 7.82 Å². The van der Waals surface area contributed by atoms with Crippen molar-refractivity contribution in [1.29, 1.82) is 0 Å². The average Bonchev–Trinajstić information content (AvgIpc) is 3.39. The van der Waals surface area contributed by atoms with E-state index in [1.165, 1.54) is 161 Å². The van der Waals surface area contributed by atoms with Crippen molar-refractivity contribution in [1.82, 2.24) is 5.32 Å². The van der Waals surface area contributed by atoms with Gasteiger partial charge in [-0.05, 0) is 76.7 Å². The lowest BCUT2D eigenvalue weighted by molar-refractivity contribution is -0.870. The first-order valence-corrected chi connectivity index (χ1v) is 33.8. The molecule has 9 nitrogen and oxygen atoms in total. The van der Waals surface area contributed by atoms with Crippen LogP contribution in [-0.4, -0.2) is 74.3 Å². The molecule has 0 spiro atoms. The molecule has 0 aromatic rings. The molecule has 0 radical (unpaired) electrons. The lowest BCUT2D eigenvalue weighted by Crippen LogP contribution is -2.47. The number of allylic oxidation sites excluding steroid dienone is 11. The van der Waals surface area contributed by atoms with Crippen molar-refractivity contribution in [2.24, 2.45) is 0 Å². The predicted molar refractivity (Wildman–Crippen MR) is 332 cm³/mol. The highest BCUT2D eigenvalue weighted by Crippen LogP contribution is 2.43. The number of phosphoric ester groups is 1. The van der Waals surface area contributed by atoms with Gasteiger partial charge in [-0.15, -0.1) is 0 Å². The fraction of sp³-hybridized carbons (Fsp3) is 0.791. The lowest BCUT2D eigenvalue weighted by Gasteiger charge is -2.27. The summed E-state index contributed by atoms with van der Waals surface area (Å²) in [5.41, 5.74) is 0. The van der Waals surface area contributed by atoms with E-state index in [0.29, 0.717) is 23.9 Å². The Balaban J connectivity index is 5.20. The molecule has 0 saturated heterocycles. The van der Waals surface area contributed by atoms with Crippen LogP contribution in [0.5, 0.6) is 0 Å². The van der Waals surface area contributed by atoms with Crippen molar-refractivity contribution in [3.63, 3.8) is 0 Å². The van der Waals surface area contributed by atoms with Gasteiger partial charge in [0.25, 0.3) is 0 Å². The number of quaternary nitrogens is 1. The number of amides is 1. The van der Waals surface area contributed by atoms with E-state index in [1.807, 2.05) is 33.3 Å². The van der Waals surface area contributed by atoms with E-state index in [2.05, 4.69) is 86.8 Å². The molecule has 0 aliphatic heterocycles. The number of nitrogens with zero attached hydrogens (tertiary/aromatic N) is 1. The summed E-state index contributed by atoms with van der Waals surface area (Å²) in [6, 6.07) is -0.862. The third kappa shape index (κ3) is 57.9. The molecule has 3 unspecified atom stereocenters. The number of likely N-dealkylation sites (N-methyl/N-ethyl adjacent to an activating group) is 1. The molecule has 2 N–H and O–H groups in total. The van der Waals surface area contributed by atoms with Crippen molar-refractivity contribution in [3.05, 3.63) is 72.9 Å². The molecule has 0 heterocycles. The maximum Gasteiger partial charge on any atom is 0.472 e. The summed E-state index contributed by atoms with van der Waals surface area (Å²) < 4.78 is 30.7. The summed E-state index contributed by atoms with van der Waals surface area (Å²) in [6.07, 6.45) is 73.4. The van der Waals surface area contributed by atoms with Gasteiger partial charge in [-0.2, -0.15) is 0 Å². The zero-order valence-corrected chi connectivity index (χ0v) is 52.1. The highest BCUT2D eigenvalue weighted by molar-refractivity contribution is 7.47. The number of carbonyl (C=O) groups excluding carboxylic acids is 2. The Kier molecular flexibility index (Phi) is 54.8. The lowest BCUT2D eigenvalue weighted by atomic mass is 10.0. The molecule has 0 bridgehead atoms. The van der Waals surface area contributed by atoms with Crippen LogP contribution in [-0.2, 0) is 27.9 Å². The molecular weight excluding hydrogens is 976 g/mol. The fourth-order valence-corrected chi connectivity index (χ4v) is 9.94. The quantitative estimate of drug-likeness (QED) is 0.0205. The van der Waals surface area contributed by atoms with Gasteiger partial charge in [0.1, 0.15) is 19.3 Å². The normalized spacial score (nSPS) is 14.1. The molecular formula is C67H124N2O7P+. The minimum absolute atomic E-state index is 0.0336. The number of hydrogen-bond acceptors (Lipinski definition) is 6. The highest BCUT2D eigenvalue weighted by Gasteiger charge is 2.30.